The molecule has 0 N–H and O–H groups in total. The first-order chi connectivity index (χ1) is 17.1. The maximum Gasteiger partial charge on any atom is 0.280 e. The van der Waals surface area contributed by atoms with Gasteiger partial charge in [0.15, 0.2) is 11.5 Å². The van der Waals surface area contributed by atoms with Crippen LogP contribution in [0.1, 0.15) is 34.1 Å². The zero-order valence-corrected chi connectivity index (χ0v) is 20.9. The Bertz CT molecular complexity index is 1470. The van der Waals surface area contributed by atoms with Crippen molar-refractivity contribution in [1.29, 1.82) is 0 Å². The van der Waals surface area contributed by atoms with Crippen LogP contribution in [0.3, 0.4) is 0 Å². The quantitative estimate of drug-likeness (QED) is 0.311. The average Bonchev–Trinajstić information content (AvgIpc) is 3.27. The number of rotatable bonds is 4. The summed E-state index contributed by atoms with van der Waals surface area (Å²) in [5.74, 6) is 1.12. The molecule has 1 fully saturated rings. The molecule has 10 nitrogen and oxygen atoms in total. The SMILES string of the molecule is C[C@@H]1CN(c2nc3ccccc3c3nnc(-c4ccccc4[N+](=O)[O-])n23)CCN1C(=O)CC(C)(C)C. The fourth-order valence-electron chi connectivity index (χ4n) is 4.84. The van der Waals surface area contributed by atoms with E-state index in [0.29, 0.717) is 49.0 Å². The van der Waals surface area contributed by atoms with Crippen molar-refractivity contribution >= 4 is 34.1 Å². The number of para-hydroxylation sites is 2. The zero-order chi connectivity index (χ0) is 25.6. The maximum absolute atomic E-state index is 13.0. The van der Waals surface area contributed by atoms with Crippen molar-refractivity contribution in [1.82, 2.24) is 24.5 Å². The van der Waals surface area contributed by atoms with Gasteiger partial charge >= 0.3 is 0 Å². The molecule has 3 heterocycles. The van der Waals surface area contributed by atoms with Crippen molar-refractivity contribution in [3.05, 3.63) is 58.6 Å². The minimum absolute atomic E-state index is 0.0251. The highest BCUT2D eigenvalue weighted by molar-refractivity contribution is 5.93. The van der Waals surface area contributed by atoms with E-state index in [1.165, 1.54) is 6.07 Å². The molecule has 1 atom stereocenters. The van der Waals surface area contributed by atoms with E-state index in [0.717, 1.165) is 10.9 Å². The minimum atomic E-state index is -0.410. The van der Waals surface area contributed by atoms with Gasteiger partial charge in [-0.2, -0.15) is 0 Å². The smallest absolute Gasteiger partial charge is 0.280 e. The number of hydrogen-bond acceptors (Lipinski definition) is 7. The van der Waals surface area contributed by atoms with Gasteiger partial charge in [0.05, 0.1) is 16.0 Å². The highest BCUT2D eigenvalue weighted by Crippen LogP contribution is 2.33. The molecular formula is C26H29N7O3. The summed E-state index contributed by atoms with van der Waals surface area (Å²) in [5.41, 5.74) is 1.60. The number of anilines is 1. The number of nitro benzene ring substituents is 1. The first kappa shape index (κ1) is 23.7. The molecule has 0 saturated carbocycles. The van der Waals surface area contributed by atoms with Crippen LogP contribution in [0, 0.1) is 15.5 Å². The molecule has 0 spiro atoms. The van der Waals surface area contributed by atoms with Gasteiger partial charge in [0, 0.05) is 43.5 Å². The second-order valence-corrected chi connectivity index (χ2v) is 10.5. The lowest BCUT2D eigenvalue weighted by molar-refractivity contribution is -0.384. The van der Waals surface area contributed by atoms with E-state index in [9.17, 15) is 14.9 Å². The van der Waals surface area contributed by atoms with Crippen LogP contribution in [0.25, 0.3) is 27.9 Å². The highest BCUT2D eigenvalue weighted by Gasteiger charge is 2.32. The molecule has 4 aromatic rings. The normalized spacial score (nSPS) is 16.6. The Morgan fingerprint density at radius 1 is 1.08 bits per heavy atom. The molecule has 1 amide bonds. The molecule has 0 bridgehead atoms. The van der Waals surface area contributed by atoms with Crippen molar-refractivity contribution < 1.29 is 9.72 Å². The van der Waals surface area contributed by atoms with Crippen molar-refractivity contribution in [3.8, 4) is 11.4 Å². The molecule has 0 radical (unpaired) electrons. The molecule has 186 valence electrons. The summed E-state index contributed by atoms with van der Waals surface area (Å²) in [6.45, 7) is 9.96. The number of carbonyl (C=O) groups is 1. The van der Waals surface area contributed by atoms with Crippen LogP contribution in [-0.2, 0) is 4.79 Å². The lowest BCUT2D eigenvalue weighted by Crippen LogP contribution is -2.55. The number of hydrogen-bond donors (Lipinski definition) is 0. The number of carbonyl (C=O) groups excluding carboxylic acids is 1. The first-order valence-electron chi connectivity index (χ1n) is 12.1. The number of piperazine rings is 1. The number of aromatic nitrogens is 4. The fourth-order valence-corrected chi connectivity index (χ4v) is 4.84. The predicted octanol–water partition coefficient (Wildman–Crippen LogP) is 4.33. The molecule has 0 unspecified atom stereocenters. The van der Waals surface area contributed by atoms with E-state index in [-0.39, 0.29) is 23.1 Å². The van der Waals surface area contributed by atoms with E-state index in [1.54, 1.807) is 18.2 Å². The second-order valence-electron chi connectivity index (χ2n) is 10.5. The Balaban J connectivity index is 1.61. The third-order valence-electron chi connectivity index (χ3n) is 6.48. The summed E-state index contributed by atoms with van der Waals surface area (Å²) in [6.07, 6.45) is 0.489. The van der Waals surface area contributed by atoms with Crippen LogP contribution in [0.15, 0.2) is 48.5 Å². The van der Waals surface area contributed by atoms with Crippen molar-refractivity contribution in [2.45, 2.75) is 40.2 Å². The van der Waals surface area contributed by atoms with E-state index in [2.05, 4.69) is 35.9 Å². The summed E-state index contributed by atoms with van der Waals surface area (Å²) >= 11 is 0. The molecule has 1 aliphatic heterocycles. The Morgan fingerprint density at radius 2 is 1.81 bits per heavy atom. The van der Waals surface area contributed by atoms with Crippen LogP contribution in [-0.4, -0.2) is 61.0 Å². The van der Waals surface area contributed by atoms with Crippen molar-refractivity contribution in [3.63, 3.8) is 0 Å². The van der Waals surface area contributed by atoms with Crippen LogP contribution < -0.4 is 4.90 Å². The molecule has 36 heavy (non-hydrogen) atoms. The highest BCUT2D eigenvalue weighted by atomic mass is 16.6. The molecule has 1 saturated heterocycles. The van der Waals surface area contributed by atoms with Gasteiger partial charge in [0.25, 0.3) is 5.69 Å². The van der Waals surface area contributed by atoms with Gasteiger partial charge < -0.3 is 9.80 Å². The largest absolute Gasteiger partial charge is 0.338 e. The number of fused-ring (bicyclic) bond motifs is 3. The molecule has 0 aliphatic carbocycles. The third-order valence-corrected chi connectivity index (χ3v) is 6.48. The van der Waals surface area contributed by atoms with Gasteiger partial charge in [-0.3, -0.25) is 14.9 Å². The minimum Gasteiger partial charge on any atom is -0.338 e. The van der Waals surface area contributed by atoms with Gasteiger partial charge in [-0.25, -0.2) is 9.38 Å². The molecule has 1 aliphatic rings. The van der Waals surface area contributed by atoms with E-state index in [1.807, 2.05) is 40.5 Å². The van der Waals surface area contributed by atoms with Crippen molar-refractivity contribution in [2.75, 3.05) is 24.5 Å². The van der Waals surface area contributed by atoms with Gasteiger partial charge in [-0.05, 0) is 30.5 Å². The van der Waals surface area contributed by atoms with Gasteiger partial charge in [0.1, 0.15) is 0 Å². The van der Waals surface area contributed by atoms with Gasteiger partial charge in [-0.15, -0.1) is 10.2 Å². The fraction of sp³-hybridized carbons (Fsp3) is 0.385. The van der Waals surface area contributed by atoms with E-state index in [4.69, 9.17) is 4.98 Å². The molecular weight excluding hydrogens is 458 g/mol. The number of nitro groups is 1. The Labute approximate surface area is 208 Å². The number of amides is 1. The average molecular weight is 488 g/mol. The van der Waals surface area contributed by atoms with Crippen LogP contribution in [0.4, 0.5) is 11.6 Å². The summed E-state index contributed by atoms with van der Waals surface area (Å²) in [7, 11) is 0. The molecule has 2 aromatic carbocycles. The lowest BCUT2D eigenvalue weighted by Gasteiger charge is -2.41. The van der Waals surface area contributed by atoms with Gasteiger partial charge in [-0.1, -0.05) is 45.0 Å². The molecule has 10 heteroatoms. The third kappa shape index (κ3) is 4.23. The Kier molecular flexibility index (Phi) is 5.82. The Morgan fingerprint density at radius 3 is 2.53 bits per heavy atom. The monoisotopic (exact) mass is 487 g/mol. The predicted molar refractivity (Wildman–Crippen MR) is 138 cm³/mol. The second kappa shape index (κ2) is 8.85. The number of benzene rings is 2. The van der Waals surface area contributed by atoms with E-state index >= 15 is 0 Å². The standard InChI is InChI=1S/C26H29N7O3/c1-17-16-30(13-14-31(17)22(34)15-26(2,3)4)25-27-20-11-7-5-9-18(20)23-28-29-24(32(23)25)19-10-6-8-12-21(19)33(35)36/h5-12,17H,13-16H2,1-4H3/t17-/m1/s1. The van der Waals surface area contributed by atoms with Crippen LogP contribution in [0.5, 0.6) is 0 Å². The number of nitrogens with zero attached hydrogens (tertiary/aromatic N) is 7. The maximum atomic E-state index is 13.0. The van der Waals surface area contributed by atoms with Crippen molar-refractivity contribution in [2.24, 2.45) is 5.41 Å². The summed E-state index contributed by atoms with van der Waals surface area (Å²) in [4.78, 5) is 33.3. The summed E-state index contributed by atoms with van der Waals surface area (Å²) in [5, 5.41) is 21.4. The summed E-state index contributed by atoms with van der Waals surface area (Å²) < 4.78 is 1.81. The topological polar surface area (TPSA) is 110 Å². The zero-order valence-electron chi connectivity index (χ0n) is 20.9. The summed E-state index contributed by atoms with van der Waals surface area (Å²) in [6, 6.07) is 14.2. The van der Waals surface area contributed by atoms with Crippen LogP contribution >= 0.6 is 0 Å². The molecule has 5 rings (SSSR count). The first-order valence-corrected chi connectivity index (χ1v) is 12.1. The van der Waals surface area contributed by atoms with E-state index < -0.39 is 4.92 Å². The Hall–Kier alpha value is -4.08. The van der Waals surface area contributed by atoms with Crippen LogP contribution in [0.2, 0.25) is 0 Å². The van der Waals surface area contributed by atoms with Gasteiger partial charge in [0.2, 0.25) is 11.9 Å². The lowest BCUT2D eigenvalue weighted by atomic mass is 9.91. The molecule has 2 aromatic heterocycles.